The second-order valence-corrected chi connectivity index (χ2v) is 8.17. The van der Waals surface area contributed by atoms with E-state index < -0.39 is 0 Å². The SMILES string of the molecule is CC(Cc1ccccn1)NCc1nccnc1Oc1ccc(C(=O)c2nc3ccccc3[nH]2)cc1. The fraction of sp³-hybridized carbons (Fsp3) is 0.148. The van der Waals surface area contributed by atoms with Gasteiger partial charge in [-0.05, 0) is 55.5 Å². The van der Waals surface area contributed by atoms with Gasteiger partial charge in [-0.3, -0.25) is 14.8 Å². The Bertz CT molecular complexity index is 1400. The summed E-state index contributed by atoms with van der Waals surface area (Å²) in [4.78, 5) is 33.5. The van der Waals surface area contributed by atoms with Crippen molar-refractivity contribution in [3.63, 3.8) is 0 Å². The third kappa shape index (κ3) is 5.39. The maximum absolute atomic E-state index is 12.8. The van der Waals surface area contributed by atoms with E-state index in [1.807, 2.05) is 42.5 Å². The van der Waals surface area contributed by atoms with Gasteiger partial charge in [0.1, 0.15) is 11.4 Å². The number of hydrogen-bond acceptors (Lipinski definition) is 7. The maximum Gasteiger partial charge on any atom is 0.242 e. The number of carbonyl (C=O) groups excluding carboxylic acids is 1. The number of rotatable bonds is 9. The minimum atomic E-state index is -0.181. The number of ether oxygens (including phenoxy) is 1. The summed E-state index contributed by atoms with van der Waals surface area (Å²) in [5, 5.41) is 3.45. The molecular weight excluding hydrogens is 440 g/mol. The second kappa shape index (κ2) is 10.2. The van der Waals surface area contributed by atoms with Crippen LogP contribution in [0.25, 0.3) is 11.0 Å². The highest BCUT2D eigenvalue weighted by molar-refractivity contribution is 6.08. The molecule has 3 heterocycles. The summed E-state index contributed by atoms with van der Waals surface area (Å²) >= 11 is 0. The van der Waals surface area contributed by atoms with Crippen LogP contribution in [-0.2, 0) is 13.0 Å². The van der Waals surface area contributed by atoms with E-state index in [0.29, 0.717) is 35.3 Å². The van der Waals surface area contributed by atoms with E-state index in [9.17, 15) is 4.79 Å². The van der Waals surface area contributed by atoms with Gasteiger partial charge in [-0.2, -0.15) is 0 Å². The lowest BCUT2D eigenvalue weighted by atomic mass is 10.1. The van der Waals surface area contributed by atoms with E-state index >= 15 is 0 Å². The molecule has 1 atom stereocenters. The third-order valence-corrected chi connectivity index (χ3v) is 5.53. The van der Waals surface area contributed by atoms with Crippen molar-refractivity contribution in [1.82, 2.24) is 30.2 Å². The van der Waals surface area contributed by atoms with Crippen LogP contribution in [0.2, 0.25) is 0 Å². The van der Waals surface area contributed by atoms with Crippen molar-refractivity contribution >= 4 is 16.8 Å². The largest absolute Gasteiger partial charge is 0.437 e. The van der Waals surface area contributed by atoms with E-state index in [0.717, 1.165) is 23.1 Å². The van der Waals surface area contributed by atoms with Crippen LogP contribution in [0, 0.1) is 0 Å². The van der Waals surface area contributed by atoms with E-state index in [1.54, 1.807) is 42.9 Å². The number of hydrogen-bond donors (Lipinski definition) is 2. The van der Waals surface area contributed by atoms with Crippen LogP contribution in [0.5, 0.6) is 11.6 Å². The van der Waals surface area contributed by atoms with Gasteiger partial charge in [-0.1, -0.05) is 18.2 Å². The van der Waals surface area contributed by atoms with Gasteiger partial charge in [-0.15, -0.1) is 0 Å². The van der Waals surface area contributed by atoms with Gasteiger partial charge in [-0.25, -0.2) is 9.97 Å². The van der Waals surface area contributed by atoms with Crippen LogP contribution in [0.15, 0.2) is 85.3 Å². The molecule has 0 aliphatic heterocycles. The van der Waals surface area contributed by atoms with E-state index in [-0.39, 0.29) is 11.8 Å². The third-order valence-electron chi connectivity index (χ3n) is 5.53. The standard InChI is InChI=1S/C27H24N6O2/c1-18(16-20-6-4-5-13-28-20)31-17-24-27(30-15-14-29-24)35-21-11-9-19(10-12-21)25(34)26-32-22-7-2-3-8-23(22)33-26/h2-15,18,31H,16-17H2,1H3,(H,32,33). The van der Waals surface area contributed by atoms with E-state index in [1.165, 1.54) is 0 Å². The number of nitrogens with one attached hydrogen (secondary N) is 2. The first kappa shape index (κ1) is 22.4. The van der Waals surface area contributed by atoms with E-state index in [4.69, 9.17) is 4.74 Å². The average molecular weight is 465 g/mol. The van der Waals surface area contributed by atoms with Crippen LogP contribution in [0.1, 0.15) is 34.5 Å². The lowest BCUT2D eigenvalue weighted by Gasteiger charge is -2.14. The summed E-state index contributed by atoms with van der Waals surface area (Å²) in [7, 11) is 0. The Labute approximate surface area is 202 Å². The van der Waals surface area contributed by atoms with Gasteiger partial charge >= 0.3 is 0 Å². The molecule has 1 unspecified atom stereocenters. The molecule has 174 valence electrons. The molecule has 8 heteroatoms. The van der Waals surface area contributed by atoms with E-state index in [2.05, 4.69) is 37.2 Å². The molecular formula is C27H24N6O2. The molecule has 35 heavy (non-hydrogen) atoms. The minimum absolute atomic E-state index is 0.181. The fourth-order valence-electron chi connectivity index (χ4n) is 3.72. The first-order chi connectivity index (χ1) is 17.2. The minimum Gasteiger partial charge on any atom is -0.437 e. The highest BCUT2D eigenvalue weighted by atomic mass is 16.5. The van der Waals surface area contributed by atoms with Gasteiger partial charge in [0.2, 0.25) is 11.7 Å². The molecule has 8 nitrogen and oxygen atoms in total. The zero-order valence-corrected chi connectivity index (χ0v) is 19.2. The number of para-hydroxylation sites is 2. The number of aromatic amines is 1. The van der Waals surface area contributed by atoms with Crippen molar-refractivity contribution < 1.29 is 9.53 Å². The average Bonchev–Trinajstić information content (AvgIpc) is 3.33. The summed E-state index contributed by atoms with van der Waals surface area (Å²) in [6.45, 7) is 2.60. The van der Waals surface area contributed by atoms with Crippen molar-refractivity contribution in [2.24, 2.45) is 0 Å². The topological polar surface area (TPSA) is 106 Å². The Morgan fingerprint density at radius 2 is 1.74 bits per heavy atom. The summed E-state index contributed by atoms with van der Waals surface area (Å²) in [5.74, 6) is 1.11. The van der Waals surface area contributed by atoms with Gasteiger partial charge in [0.05, 0.1) is 11.0 Å². The van der Waals surface area contributed by atoms with Crippen molar-refractivity contribution in [1.29, 1.82) is 0 Å². The monoisotopic (exact) mass is 464 g/mol. The van der Waals surface area contributed by atoms with Gasteiger partial charge in [0.15, 0.2) is 5.82 Å². The second-order valence-electron chi connectivity index (χ2n) is 8.17. The first-order valence-corrected chi connectivity index (χ1v) is 11.4. The predicted molar refractivity (Wildman–Crippen MR) is 132 cm³/mol. The number of H-pyrrole nitrogens is 1. The highest BCUT2D eigenvalue weighted by Gasteiger charge is 2.15. The Morgan fingerprint density at radius 1 is 0.943 bits per heavy atom. The van der Waals surface area contributed by atoms with Crippen LogP contribution < -0.4 is 10.1 Å². The molecule has 0 aliphatic rings. The quantitative estimate of drug-likeness (QED) is 0.310. The normalized spacial score (nSPS) is 11.9. The molecule has 5 rings (SSSR count). The van der Waals surface area contributed by atoms with Gasteiger partial charge in [0.25, 0.3) is 0 Å². The zero-order chi connectivity index (χ0) is 24.0. The molecule has 0 radical (unpaired) electrons. The highest BCUT2D eigenvalue weighted by Crippen LogP contribution is 2.23. The van der Waals surface area contributed by atoms with Crippen LogP contribution in [-0.4, -0.2) is 36.7 Å². The molecule has 0 saturated heterocycles. The van der Waals surface area contributed by atoms with Gasteiger partial charge in [0, 0.05) is 48.9 Å². The summed E-state index contributed by atoms with van der Waals surface area (Å²) < 4.78 is 5.99. The van der Waals surface area contributed by atoms with Crippen LogP contribution in [0.3, 0.4) is 0 Å². The number of aromatic nitrogens is 5. The molecule has 0 bridgehead atoms. The maximum atomic E-state index is 12.8. The van der Waals surface area contributed by atoms with Crippen LogP contribution >= 0.6 is 0 Å². The van der Waals surface area contributed by atoms with Crippen molar-refractivity contribution in [3.05, 3.63) is 108 Å². The summed E-state index contributed by atoms with van der Waals surface area (Å²) in [5.41, 5.74) is 3.83. The summed E-state index contributed by atoms with van der Waals surface area (Å²) in [6, 6.07) is 20.6. The Kier molecular flexibility index (Phi) is 6.54. The van der Waals surface area contributed by atoms with Crippen molar-refractivity contribution in [2.75, 3.05) is 0 Å². The Balaban J connectivity index is 1.23. The molecule has 2 N–H and O–H groups in total. The number of pyridine rings is 1. The molecule has 5 aromatic rings. The molecule has 0 aliphatic carbocycles. The molecule has 0 spiro atoms. The summed E-state index contributed by atoms with van der Waals surface area (Å²) in [6.07, 6.45) is 5.84. The van der Waals surface area contributed by atoms with Gasteiger partial charge < -0.3 is 15.0 Å². The molecule has 3 aromatic heterocycles. The smallest absolute Gasteiger partial charge is 0.242 e. The molecule has 0 fully saturated rings. The predicted octanol–water partition coefficient (Wildman–Crippen LogP) is 4.49. The van der Waals surface area contributed by atoms with Crippen LogP contribution in [0.4, 0.5) is 0 Å². The molecule has 0 amide bonds. The lowest BCUT2D eigenvalue weighted by molar-refractivity contribution is 0.103. The zero-order valence-electron chi connectivity index (χ0n) is 19.2. The van der Waals surface area contributed by atoms with Crippen molar-refractivity contribution in [2.45, 2.75) is 25.9 Å². The lowest BCUT2D eigenvalue weighted by Crippen LogP contribution is -2.28. The Morgan fingerprint density at radius 3 is 2.54 bits per heavy atom. The molecule has 0 saturated carbocycles. The first-order valence-electron chi connectivity index (χ1n) is 11.4. The number of benzene rings is 2. The van der Waals surface area contributed by atoms with Crippen molar-refractivity contribution in [3.8, 4) is 11.6 Å². The number of imidazole rings is 1. The number of fused-ring (bicyclic) bond motifs is 1. The Hall–Kier alpha value is -4.43. The molecule has 2 aromatic carbocycles. The fourth-order valence-corrected chi connectivity index (χ4v) is 3.72. The number of ketones is 1. The number of nitrogens with zero attached hydrogens (tertiary/aromatic N) is 4. The number of carbonyl (C=O) groups is 1.